The fourth-order valence-electron chi connectivity index (χ4n) is 7.83. The number of esters is 1. The number of fused-ring (bicyclic) bond motifs is 5. The third-order valence-electron chi connectivity index (χ3n) is 9.25. The van der Waals surface area contributed by atoms with Gasteiger partial charge in [-0.3, -0.25) is 9.59 Å². The fraction of sp³-hybridized carbons (Fsp3) is 0.680. The van der Waals surface area contributed by atoms with Crippen LogP contribution < -0.4 is 0 Å². The number of aliphatic hydroxyl groups excluding tert-OH is 2. The maximum absolute atomic E-state index is 13.1. The summed E-state index contributed by atoms with van der Waals surface area (Å²) in [5, 5.41) is 30.0. The molecule has 4 aliphatic carbocycles. The maximum atomic E-state index is 13.1. The molecule has 0 spiro atoms. The molecule has 3 saturated carbocycles. The number of ether oxygens (including phenoxy) is 1. The molecule has 0 aromatic rings. The summed E-state index contributed by atoms with van der Waals surface area (Å²) in [5.41, 5.74) is -1.71. The number of carboxylic acid groups (broad SMARTS) is 1. The van der Waals surface area contributed by atoms with Crippen LogP contribution in [0.5, 0.6) is 0 Å². The molecule has 7 atom stereocenters. The predicted molar refractivity (Wildman–Crippen MR) is 116 cm³/mol. The maximum Gasteiger partial charge on any atom is 0.332 e. The number of ketones is 2. The van der Waals surface area contributed by atoms with Crippen molar-refractivity contribution in [2.24, 2.45) is 28.6 Å². The van der Waals surface area contributed by atoms with Crippen molar-refractivity contribution in [3.05, 3.63) is 23.8 Å². The Morgan fingerprint density at radius 2 is 1.88 bits per heavy atom. The van der Waals surface area contributed by atoms with E-state index in [0.29, 0.717) is 25.3 Å². The lowest BCUT2D eigenvalue weighted by molar-refractivity contribution is -0.199. The molecular formula is C25H32O8. The molecule has 0 aromatic carbocycles. The lowest BCUT2D eigenvalue weighted by atomic mass is 9.45. The molecule has 0 radical (unpaired) electrons. The third kappa shape index (κ3) is 3.49. The van der Waals surface area contributed by atoms with E-state index < -0.39 is 41.4 Å². The van der Waals surface area contributed by atoms with Gasteiger partial charge in [0.2, 0.25) is 5.78 Å². The summed E-state index contributed by atoms with van der Waals surface area (Å²) in [6.45, 7) is 3.17. The Hall–Kier alpha value is -2.32. The summed E-state index contributed by atoms with van der Waals surface area (Å²) in [6.07, 6.45) is 6.11. The zero-order valence-corrected chi connectivity index (χ0v) is 19.1. The summed E-state index contributed by atoms with van der Waals surface area (Å²) in [5.74, 6) is -2.77. The summed E-state index contributed by atoms with van der Waals surface area (Å²) in [4.78, 5) is 48.4. The molecule has 4 aliphatic rings. The van der Waals surface area contributed by atoms with Crippen molar-refractivity contribution < 1.29 is 39.2 Å². The second-order valence-electron chi connectivity index (χ2n) is 10.6. The minimum absolute atomic E-state index is 0.0198. The molecule has 3 N–H and O–H groups in total. The standard InChI is InChI=1S/C25H32O8/c1-23-9-7-15(27)11-14(23)3-4-16-17-8-10-25(19(29)13-26,33-21(32)6-5-20(30)31)24(17,2)12-18(28)22(16)23/h5-6,11,16-18,22,26,28H,3-4,7-10,12-13H2,1-2H3,(H,30,31)/b6-5-/t16-,17-,18-,22+,23-,24-,25-/m0/s1. The van der Waals surface area contributed by atoms with E-state index in [9.17, 15) is 29.4 Å². The predicted octanol–water partition coefficient (Wildman–Crippen LogP) is 1.97. The average molecular weight is 461 g/mol. The Labute approximate surface area is 192 Å². The zero-order chi connectivity index (χ0) is 24.2. The van der Waals surface area contributed by atoms with Crippen molar-refractivity contribution in [2.75, 3.05) is 6.61 Å². The Morgan fingerprint density at radius 1 is 1.15 bits per heavy atom. The van der Waals surface area contributed by atoms with Gasteiger partial charge in [-0.1, -0.05) is 19.4 Å². The van der Waals surface area contributed by atoms with Gasteiger partial charge in [0.25, 0.3) is 0 Å². The highest BCUT2D eigenvalue weighted by Crippen LogP contribution is 2.68. The summed E-state index contributed by atoms with van der Waals surface area (Å²) >= 11 is 0. The molecular weight excluding hydrogens is 428 g/mol. The first kappa shape index (κ1) is 23.8. The number of aliphatic carboxylic acids is 1. The number of rotatable bonds is 5. The highest BCUT2D eigenvalue weighted by atomic mass is 16.6. The van der Waals surface area contributed by atoms with E-state index in [0.717, 1.165) is 24.5 Å². The number of aliphatic hydroxyl groups is 2. The van der Waals surface area contributed by atoms with E-state index in [-0.39, 0.29) is 41.8 Å². The van der Waals surface area contributed by atoms with Crippen molar-refractivity contribution in [3.63, 3.8) is 0 Å². The second-order valence-corrected chi connectivity index (χ2v) is 10.6. The molecule has 8 heteroatoms. The van der Waals surface area contributed by atoms with Gasteiger partial charge in [-0.05, 0) is 67.8 Å². The van der Waals surface area contributed by atoms with Crippen molar-refractivity contribution in [3.8, 4) is 0 Å². The van der Waals surface area contributed by atoms with Gasteiger partial charge < -0.3 is 20.1 Å². The van der Waals surface area contributed by atoms with E-state index in [1.807, 2.05) is 6.92 Å². The lowest BCUT2D eigenvalue weighted by Gasteiger charge is -2.60. The Morgan fingerprint density at radius 3 is 2.55 bits per heavy atom. The molecule has 8 nitrogen and oxygen atoms in total. The van der Waals surface area contributed by atoms with Crippen LogP contribution in [0.15, 0.2) is 23.8 Å². The van der Waals surface area contributed by atoms with Crippen LogP contribution in [-0.2, 0) is 23.9 Å². The van der Waals surface area contributed by atoms with Crippen LogP contribution in [0, 0.1) is 28.6 Å². The molecule has 3 fully saturated rings. The fourth-order valence-corrected chi connectivity index (χ4v) is 7.83. The molecule has 0 saturated heterocycles. The molecule has 0 aromatic heterocycles. The van der Waals surface area contributed by atoms with E-state index in [2.05, 4.69) is 6.92 Å². The number of hydrogen-bond donors (Lipinski definition) is 3. The molecule has 0 bridgehead atoms. The third-order valence-corrected chi connectivity index (χ3v) is 9.25. The van der Waals surface area contributed by atoms with E-state index >= 15 is 0 Å². The Balaban J connectivity index is 1.71. The van der Waals surface area contributed by atoms with Gasteiger partial charge in [-0.15, -0.1) is 0 Å². The zero-order valence-electron chi connectivity index (χ0n) is 19.1. The first-order valence-electron chi connectivity index (χ1n) is 11.7. The largest absolute Gasteiger partial charge is 0.478 e. The van der Waals surface area contributed by atoms with Crippen LogP contribution in [0.2, 0.25) is 0 Å². The molecule has 0 unspecified atom stereocenters. The number of Topliss-reactive ketones (excluding diaryl/α,β-unsaturated/α-hetero) is 1. The van der Waals surface area contributed by atoms with Gasteiger partial charge in [0.1, 0.15) is 6.61 Å². The van der Waals surface area contributed by atoms with Crippen LogP contribution in [0.4, 0.5) is 0 Å². The van der Waals surface area contributed by atoms with Crippen molar-refractivity contribution in [1.29, 1.82) is 0 Å². The SMILES string of the molecule is C[C@]12CCC(=O)C=C1CC[C@@H]1[C@@H]2[C@@H](O)C[C@@]2(C)[C@H]1CC[C@]2(OC(=O)/C=C\C(=O)O)C(=O)CO. The van der Waals surface area contributed by atoms with E-state index in [1.54, 1.807) is 6.08 Å². The second kappa shape index (κ2) is 8.17. The topological polar surface area (TPSA) is 138 Å². The minimum Gasteiger partial charge on any atom is -0.478 e. The normalized spacial score (nSPS) is 42.2. The summed E-state index contributed by atoms with van der Waals surface area (Å²) in [6, 6.07) is 0. The highest BCUT2D eigenvalue weighted by molar-refractivity contribution is 5.96. The monoisotopic (exact) mass is 460 g/mol. The van der Waals surface area contributed by atoms with Crippen LogP contribution in [0.3, 0.4) is 0 Å². The van der Waals surface area contributed by atoms with Gasteiger partial charge in [0.05, 0.1) is 6.10 Å². The molecule has 180 valence electrons. The summed E-state index contributed by atoms with van der Waals surface area (Å²) in [7, 11) is 0. The Kier molecular flexibility index (Phi) is 5.90. The number of allylic oxidation sites excluding steroid dienone is 1. The average Bonchev–Trinajstić information content (AvgIpc) is 3.04. The first-order valence-corrected chi connectivity index (χ1v) is 11.7. The number of carbonyl (C=O) groups excluding carboxylic acids is 3. The quantitative estimate of drug-likeness (QED) is 0.418. The number of hydrogen-bond acceptors (Lipinski definition) is 7. The lowest BCUT2D eigenvalue weighted by Crippen LogP contribution is -2.63. The Bertz CT molecular complexity index is 950. The molecule has 0 amide bonds. The van der Waals surface area contributed by atoms with E-state index in [1.165, 1.54) is 0 Å². The molecule has 0 aliphatic heterocycles. The number of carbonyl (C=O) groups is 4. The molecule has 0 heterocycles. The van der Waals surface area contributed by atoms with Gasteiger partial charge in [-0.25, -0.2) is 9.59 Å². The van der Waals surface area contributed by atoms with Gasteiger partial charge >= 0.3 is 11.9 Å². The number of carboxylic acids is 1. The van der Waals surface area contributed by atoms with Gasteiger partial charge in [-0.2, -0.15) is 0 Å². The smallest absolute Gasteiger partial charge is 0.332 e. The first-order chi connectivity index (χ1) is 15.5. The minimum atomic E-state index is -1.63. The van der Waals surface area contributed by atoms with Crippen LogP contribution in [0.25, 0.3) is 0 Å². The highest BCUT2D eigenvalue weighted by Gasteiger charge is 2.70. The van der Waals surface area contributed by atoms with Crippen molar-refractivity contribution in [2.45, 2.75) is 70.5 Å². The van der Waals surface area contributed by atoms with Gasteiger partial charge in [0, 0.05) is 24.0 Å². The molecule has 33 heavy (non-hydrogen) atoms. The van der Waals surface area contributed by atoms with Gasteiger partial charge in [0.15, 0.2) is 11.4 Å². The van der Waals surface area contributed by atoms with Crippen LogP contribution >= 0.6 is 0 Å². The van der Waals surface area contributed by atoms with Crippen molar-refractivity contribution >= 4 is 23.5 Å². The summed E-state index contributed by atoms with van der Waals surface area (Å²) < 4.78 is 5.68. The van der Waals surface area contributed by atoms with Crippen LogP contribution in [0.1, 0.15) is 58.8 Å². The van der Waals surface area contributed by atoms with E-state index in [4.69, 9.17) is 9.84 Å². The molecule has 4 rings (SSSR count). The van der Waals surface area contributed by atoms with Crippen molar-refractivity contribution in [1.82, 2.24) is 0 Å². The van der Waals surface area contributed by atoms with Crippen LogP contribution in [-0.4, -0.2) is 57.1 Å².